The highest BCUT2D eigenvalue weighted by molar-refractivity contribution is 7.18. The number of carbonyl (C=O) groups is 1. The van der Waals surface area contributed by atoms with Crippen LogP contribution in [-0.4, -0.2) is 22.5 Å². The second kappa shape index (κ2) is 8.48. The van der Waals surface area contributed by atoms with Gasteiger partial charge in [-0.15, -0.1) is 11.3 Å². The smallest absolute Gasteiger partial charge is 0.337 e. The third-order valence-electron chi connectivity index (χ3n) is 6.36. The van der Waals surface area contributed by atoms with Crippen LogP contribution in [0.15, 0.2) is 52.1 Å². The lowest BCUT2D eigenvalue weighted by Gasteiger charge is -2.15. The molecular formula is C26H24N2O4S. The first-order chi connectivity index (χ1) is 16.0. The van der Waals surface area contributed by atoms with Crippen molar-refractivity contribution in [2.45, 2.75) is 39.2 Å². The van der Waals surface area contributed by atoms with E-state index in [4.69, 9.17) is 4.74 Å². The molecule has 33 heavy (non-hydrogen) atoms. The summed E-state index contributed by atoms with van der Waals surface area (Å²) >= 11 is 1.53. The van der Waals surface area contributed by atoms with Crippen LogP contribution in [0, 0.1) is 0 Å². The van der Waals surface area contributed by atoms with Crippen molar-refractivity contribution in [1.82, 2.24) is 9.13 Å². The Balaban J connectivity index is 1.79. The van der Waals surface area contributed by atoms with Gasteiger partial charge < -0.3 is 4.74 Å². The minimum Gasteiger partial charge on any atom is -0.496 e. The van der Waals surface area contributed by atoms with Gasteiger partial charge >= 0.3 is 5.69 Å². The van der Waals surface area contributed by atoms with Gasteiger partial charge in [0.15, 0.2) is 0 Å². The summed E-state index contributed by atoms with van der Waals surface area (Å²) in [6.45, 7) is 2.27. The standard InChI is InChI=1S/C26H24N2O4S/c1-3-16-7-10-19(11-8-16)28-24(30)23-20-5-4-6-22(20)33-25(23)27(26(28)31)14-18-13-17(15-29)9-12-21(18)32-2/h7-13,15H,3-6,14H2,1-2H3. The Morgan fingerprint density at radius 1 is 1.09 bits per heavy atom. The summed E-state index contributed by atoms with van der Waals surface area (Å²) < 4.78 is 8.43. The van der Waals surface area contributed by atoms with E-state index in [1.165, 1.54) is 20.8 Å². The number of aryl methyl sites for hydroxylation is 3. The number of aromatic nitrogens is 2. The summed E-state index contributed by atoms with van der Waals surface area (Å²) in [4.78, 5) is 40.6. The van der Waals surface area contributed by atoms with E-state index in [9.17, 15) is 14.4 Å². The predicted octanol–water partition coefficient (Wildman–Crippen LogP) is 4.13. The Bertz CT molecular complexity index is 1490. The average Bonchev–Trinajstić information content (AvgIpc) is 3.43. The van der Waals surface area contributed by atoms with Crippen LogP contribution in [0.25, 0.3) is 15.9 Å². The molecule has 2 aromatic carbocycles. The Labute approximate surface area is 194 Å². The molecule has 0 unspecified atom stereocenters. The van der Waals surface area contributed by atoms with Crippen molar-refractivity contribution in [1.29, 1.82) is 0 Å². The molecule has 0 spiro atoms. The molecule has 0 saturated carbocycles. The normalized spacial score (nSPS) is 12.8. The zero-order valence-corrected chi connectivity index (χ0v) is 19.4. The number of hydrogen-bond donors (Lipinski definition) is 0. The molecule has 0 aliphatic heterocycles. The summed E-state index contributed by atoms with van der Waals surface area (Å²) in [5, 5.41) is 0.636. The first-order valence-electron chi connectivity index (χ1n) is 11.1. The van der Waals surface area contributed by atoms with E-state index in [1.807, 2.05) is 24.3 Å². The largest absolute Gasteiger partial charge is 0.496 e. The van der Waals surface area contributed by atoms with Crippen LogP contribution < -0.4 is 16.0 Å². The monoisotopic (exact) mass is 460 g/mol. The van der Waals surface area contributed by atoms with Crippen molar-refractivity contribution in [3.8, 4) is 11.4 Å². The number of methoxy groups -OCH3 is 1. The molecule has 0 N–H and O–H groups in total. The lowest BCUT2D eigenvalue weighted by atomic mass is 10.1. The quantitative estimate of drug-likeness (QED) is 0.406. The molecule has 0 bridgehead atoms. The highest BCUT2D eigenvalue weighted by atomic mass is 32.1. The van der Waals surface area contributed by atoms with Crippen LogP contribution >= 0.6 is 11.3 Å². The van der Waals surface area contributed by atoms with E-state index in [2.05, 4.69) is 6.92 Å². The number of hydrogen-bond acceptors (Lipinski definition) is 5. The number of fused-ring (bicyclic) bond motifs is 3. The summed E-state index contributed by atoms with van der Waals surface area (Å²) in [5.74, 6) is 0.592. The topological polar surface area (TPSA) is 70.3 Å². The number of aldehydes is 1. The van der Waals surface area contributed by atoms with Crippen molar-refractivity contribution in [3.05, 3.63) is 90.4 Å². The predicted molar refractivity (Wildman–Crippen MR) is 131 cm³/mol. The van der Waals surface area contributed by atoms with E-state index >= 15 is 0 Å². The zero-order valence-electron chi connectivity index (χ0n) is 18.6. The van der Waals surface area contributed by atoms with Gasteiger partial charge in [0, 0.05) is 16.0 Å². The Hall–Kier alpha value is -3.45. The molecule has 6 nitrogen and oxygen atoms in total. The number of ether oxygens (including phenoxy) is 1. The Morgan fingerprint density at radius 3 is 2.58 bits per heavy atom. The van der Waals surface area contributed by atoms with Crippen LogP contribution in [-0.2, 0) is 25.8 Å². The fourth-order valence-electron chi connectivity index (χ4n) is 4.62. The van der Waals surface area contributed by atoms with E-state index in [0.717, 1.165) is 43.1 Å². The molecule has 0 atom stereocenters. The van der Waals surface area contributed by atoms with Crippen LogP contribution in [0.4, 0.5) is 0 Å². The third kappa shape index (κ3) is 3.53. The maximum atomic E-state index is 13.8. The third-order valence-corrected chi connectivity index (χ3v) is 7.67. The van der Waals surface area contributed by atoms with Gasteiger partial charge in [-0.05, 0) is 67.1 Å². The lowest BCUT2D eigenvalue weighted by molar-refractivity contribution is 0.112. The van der Waals surface area contributed by atoms with Crippen molar-refractivity contribution < 1.29 is 9.53 Å². The van der Waals surface area contributed by atoms with Gasteiger partial charge in [-0.1, -0.05) is 19.1 Å². The Morgan fingerprint density at radius 2 is 1.88 bits per heavy atom. The fraction of sp³-hybridized carbons (Fsp3) is 0.269. The second-order valence-corrected chi connectivity index (χ2v) is 9.34. The highest BCUT2D eigenvalue weighted by Gasteiger charge is 2.25. The van der Waals surface area contributed by atoms with Gasteiger partial charge in [0.1, 0.15) is 16.9 Å². The van der Waals surface area contributed by atoms with Gasteiger partial charge in [-0.2, -0.15) is 0 Å². The second-order valence-electron chi connectivity index (χ2n) is 8.26. The number of carbonyl (C=O) groups excluding carboxylic acids is 1. The van der Waals surface area contributed by atoms with Crippen LogP contribution in [0.2, 0.25) is 0 Å². The number of thiophene rings is 1. The molecule has 0 radical (unpaired) electrons. The zero-order chi connectivity index (χ0) is 23.1. The first-order valence-corrected chi connectivity index (χ1v) is 11.9. The van der Waals surface area contributed by atoms with Crippen molar-refractivity contribution in [2.24, 2.45) is 0 Å². The molecule has 0 amide bonds. The summed E-state index contributed by atoms with van der Waals surface area (Å²) in [6.07, 6.45) is 4.45. The van der Waals surface area contributed by atoms with Crippen LogP contribution in [0.1, 0.15) is 45.3 Å². The van der Waals surface area contributed by atoms with Crippen LogP contribution in [0.5, 0.6) is 5.75 Å². The highest BCUT2D eigenvalue weighted by Crippen LogP contribution is 2.35. The van der Waals surface area contributed by atoms with E-state index < -0.39 is 5.69 Å². The maximum Gasteiger partial charge on any atom is 0.337 e. The first kappa shape index (κ1) is 21.4. The van der Waals surface area contributed by atoms with E-state index in [-0.39, 0.29) is 12.1 Å². The number of rotatable bonds is 6. The summed E-state index contributed by atoms with van der Waals surface area (Å²) in [6, 6.07) is 12.7. The van der Waals surface area contributed by atoms with Crippen molar-refractivity contribution in [3.63, 3.8) is 0 Å². The van der Waals surface area contributed by atoms with E-state index in [1.54, 1.807) is 29.9 Å². The molecule has 7 heteroatoms. The average molecular weight is 461 g/mol. The molecule has 1 aliphatic carbocycles. The van der Waals surface area contributed by atoms with Crippen LogP contribution in [0.3, 0.4) is 0 Å². The van der Waals surface area contributed by atoms with Gasteiger partial charge in [-0.25, -0.2) is 9.36 Å². The fourth-order valence-corrected chi connectivity index (χ4v) is 5.99. The van der Waals surface area contributed by atoms with Crippen molar-refractivity contribution >= 4 is 27.8 Å². The molecule has 0 saturated heterocycles. The van der Waals surface area contributed by atoms with Gasteiger partial charge in [0.2, 0.25) is 0 Å². The molecular weight excluding hydrogens is 436 g/mol. The van der Waals surface area contributed by atoms with Gasteiger partial charge in [-0.3, -0.25) is 14.2 Å². The maximum absolute atomic E-state index is 13.8. The minimum atomic E-state index is -0.393. The molecule has 2 aromatic heterocycles. The molecule has 1 aliphatic rings. The Kier molecular flexibility index (Phi) is 5.50. The molecule has 168 valence electrons. The SMILES string of the molecule is CCc1ccc(-n2c(=O)c3c4c(sc3n(Cc3cc(C=O)ccc3OC)c2=O)CCC4)cc1. The van der Waals surface area contributed by atoms with Gasteiger partial charge in [0.25, 0.3) is 5.56 Å². The lowest BCUT2D eigenvalue weighted by Crippen LogP contribution is -2.39. The van der Waals surface area contributed by atoms with E-state index in [0.29, 0.717) is 32.8 Å². The number of nitrogens with zero attached hydrogens (tertiary/aromatic N) is 2. The summed E-state index contributed by atoms with van der Waals surface area (Å²) in [7, 11) is 1.56. The minimum absolute atomic E-state index is 0.201. The molecule has 2 heterocycles. The molecule has 4 aromatic rings. The molecule has 5 rings (SSSR count). The van der Waals surface area contributed by atoms with Gasteiger partial charge in [0.05, 0.1) is 24.7 Å². The summed E-state index contributed by atoms with van der Waals surface area (Å²) in [5.41, 5.74) is 3.34. The number of benzene rings is 2. The molecule has 0 fully saturated rings. The van der Waals surface area contributed by atoms with Crippen molar-refractivity contribution in [2.75, 3.05) is 7.11 Å².